The molecule has 0 aromatic heterocycles. The molecule has 2 aliphatic carbocycles. The molecule has 2 aliphatic rings. The monoisotopic (exact) mass is 594 g/mol. The molecule has 0 N–H and O–H groups in total. The van der Waals surface area contributed by atoms with E-state index < -0.39 is 11.6 Å². The number of hydrogen-bond acceptors (Lipinski definition) is 0. The summed E-state index contributed by atoms with van der Waals surface area (Å²) in [5.41, 5.74) is 4.43. The van der Waals surface area contributed by atoms with E-state index in [0.29, 0.717) is 7.25 Å². The van der Waals surface area contributed by atoms with Crippen LogP contribution >= 0.6 is 15.9 Å². The summed E-state index contributed by atoms with van der Waals surface area (Å²) < 4.78 is 13.0. The van der Waals surface area contributed by atoms with Gasteiger partial charge in [-0.15, -0.1) is 0 Å². The van der Waals surface area contributed by atoms with Crippen LogP contribution in [0, 0.1) is 0 Å². The van der Waals surface area contributed by atoms with E-state index in [4.69, 9.17) is 0 Å². The zero-order chi connectivity index (χ0) is 19.6. The first-order valence-electron chi connectivity index (χ1n) is 10.1. The van der Waals surface area contributed by atoms with Crippen LogP contribution < -0.4 is 24.8 Å². The largest absolute Gasteiger partial charge is 1.00 e. The van der Waals surface area contributed by atoms with Crippen molar-refractivity contribution in [1.82, 2.24) is 0 Å². The molecule has 0 saturated heterocycles. The van der Waals surface area contributed by atoms with Gasteiger partial charge in [-0.3, -0.25) is 0 Å². The van der Waals surface area contributed by atoms with E-state index in [1.165, 1.54) is 34.9 Å². The fourth-order valence-corrected chi connectivity index (χ4v) is 28.3. The number of unbranched alkanes of at least 4 members (excludes halogenated alkanes) is 1. The number of benzene rings is 1. The fraction of sp³-hybridized carbons (Fsp3) is 0.455. The molecule has 0 spiro atoms. The minimum Gasteiger partial charge on any atom is -1.00 e. The van der Waals surface area contributed by atoms with Gasteiger partial charge in [0.05, 0.1) is 0 Å². The van der Waals surface area contributed by atoms with Crippen molar-refractivity contribution in [3.8, 4) is 0 Å². The third-order valence-electron chi connectivity index (χ3n) is 7.47. The molecule has 0 bridgehead atoms. The van der Waals surface area contributed by atoms with E-state index in [1.54, 1.807) is 5.57 Å². The predicted molar refractivity (Wildman–Crippen MR) is 127 cm³/mol. The Morgan fingerprint density at radius 3 is 2.25 bits per heavy atom. The summed E-state index contributed by atoms with van der Waals surface area (Å²) in [6.45, 7) is 7.06. The zero-order valence-electron chi connectivity index (χ0n) is 17.9. The van der Waals surface area contributed by atoms with Crippen LogP contribution in [0.5, 0.6) is 0 Å². The first-order chi connectivity index (χ1) is 11.5. The van der Waals surface area contributed by atoms with Crippen molar-refractivity contribution in [3.05, 3.63) is 63.7 Å². The number of allylic oxidation sites excluding steroid dienone is 5. The van der Waals surface area contributed by atoms with Crippen LogP contribution in [0.15, 0.2) is 52.5 Å². The van der Waals surface area contributed by atoms with E-state index in [1.807, 2.05) is 0 Å². The van der Waals surface area contributed by atoms with Gasteiger partial charge in [-0.25, -0.2) is 0 Å². The first-order valence-corrected chi connectivity index (χ1v) is 35.4. The van der Waals surface area contributed by atoms with Crippen molar-refractivity contribution >= 4 is 35.8 Å². The number of hydrogen-bond donors (Lipinski definition) is 0. The van der Waals surface area contributed by atoms with Gasteiger partial charge < -0.3 is 24.8 Å². The van der Waals surface area contributed by atoms with Crippen molar-refractivity contribution in [3.63, 3.8) is 0 Å². The molecule has 158 valence electrons. The molecule has 1 aromatic rings. The van der Waals surface area contributed by atoms with Gasteiger partial charge in [0, 0.05) is 0 Å². The van der Waals surface area contributed by atoms with Crippen molar-refractivity contribution < 1.29 is 36.4 Å². The summed E-state index contributed by atoms with van der Waals surface area (Å²) in [5.74, 6) is 0. The molecule has 0 heterocycles. The smallest absolute Gasteiger partial charge is 1.00 e. The molecule has 0 nitrogen and oxygen atoms in total. The second kappa shape index (κ2) is 5.98. The molecule has 0 saturated carbocycles. The molecule has 0 radical (unpaired) electrons. The Labute approximate surface area is 186 Å². The zero-order valence-corrected chi connectivity index (χ0v) is 26.3. The second-order valence-corrected chi connectivity index (χ2v) is 120. The average molecular weight is 598 g/mol. The van der Waals surface area contributed by atoms with Gasteiger partial charge in [-0.2, -0.15) is 0 Å². The Hall–Kier alpha value is 0.817. The summed E-state index contributed by atoms with van der Waals surface area (Å²) in [7, 11) is 0. The van der Waals surface area contributed by atoms with Crippen LogP contribution in [0.4, 0.5) is 0 Å². The Morgan fingerprint density at radius 2 is 1.64 bits per heavy atom. The molecule has 0 amide bonds. The van der Waals surface area contributed by atoms with E-state index in [2.05, 4.69) is 104 Å². The molecule has 1 aromatic carbocycles. The van der Waals surface area contributed by atoms with E-state index in [0.717, 1.165) is 0 Å². The Bertz CT molecular complexity index is 1160. The van der Waals surface area contributed by atoms with Gasteiger partial charge in [0.2, 0.25) is 0 Å². The van der Waals surface area contributed by atoms with Gasteiger partial charge in [0.15, 0.2) is 0 Å². The summed E-state index contributed by atoms with van der Waals surface area (Å²) in [5, 5.41) is 0. The van der Waals surface area contributed by atoms with Crippen molar-refractivity contribution in [2.75, 3.05) is 0 Å². The molecular weight excluding hydrogens is 562 g/mol. The van der Waals surface area contributed by atoms with Crippen LogP contribution in [-0.2, 0) is 11.6 Å². The number of rotatable bonds is 5. The van der Waals surface area contributed by atoms with Gasteiger partial charge >= 0.3 is 163 Å². The maximum atomic E-state index is 3.78. The minimum absolute atomic E-state index is 0. The quantitative estimate of drug-likeness (QED) is 0.436. The molecule has 0 aliphatic heterocycles. The molecule has 28 heavy (non-hydrogen) atoms. The standard InChI is InChI=1S/C9H6Br.C9H13.4CH3.2ClH.2H2Si.Zr/c10-9-6-2-4-7-3-1-5-8(7)9;1-2-3-6-9-7-4-5-8-9;;;;;;;;;/h1-6H;4-5,7-8H,2-3,6H2,1H3;4*1H3;2*1H;2*1H2;/p-2. The molecule has 6 heteroatoms. The fourth-order valence-electron chi connectivity index (χ4n) is 5.20. The third kappa shape index (κ3) is 4.25. The minimum atomic E-state index is -4.67. The van der Waals surface area contributed by atoms with E-state index in [9.17, 15) is 0 Å². The normalized spacial score (nSPS) is 25.9. The van der Waals surface area contributed by atoms with Crippen molar-refractivity contribution in [2.24, 2.45) is 0 Å². The van der Waals surface area contributed by atoms with Gasteiger partial charge in [-0.1, -0.05) is 0 Å². The molecular formula is C22H35BrCl2Si2Zr-2. The van der Waals surface area contributed by atoms with Gasteiger partial charge in [-0.05, 0) is 0 Å². The van der Waals surface area contributed by atoms with Crippen LogP contribution in [0.1, 0.15) is 40.9 Å². The second-order valence-electron chi connectivity index (χ2n) is 14.7. The summed E-state index contributed by atoms with van der Waals surface area (Å²) >= 11 is -0.889. The van der Waals surface area contributed by atoms with Crippen LogP contribution in [-0.4, -0.2) is 13.8 Å². The third-order valence-corrected chi connectivity index (χ3v) is 40.0. The Morgan fingerprint density at radius 1 is 1.00 bits per heavy atom. The Balaban J connectivity index is 0.00000196. The SMILES string of the molecule is CCCCC1=C[CH]([Zr]([CH3])([CH3])([CH3])([CH3])(=[SiH2])(=[SiH2])[CH]2C=Cc3c(Br)cccc32)C=C1.[Cl-].[Cl-]. The average Bonchev–Trinajstić information content (AvgIpc) is 3.12. The maximum absolute atomic E-state index is 4.67. The molecule has 3 rings (SSSR count). The predicted octanol–water partition coefficient (Wildman–Crippen LogP) is 0.585. The topological polar surface area (TPSA) is 0 Å². The van der Waals surface area contributed by atoms with Crippen molar-refractivity contribution in [2.45, 2.75) is 52.0 Å². The van der Waals surface area contributed by atoms with Crippen LogP contribution in [0.2, 0.25) is 22.2 Å². The van der Waals surface area contributed by atoms with E-state index in [-0.39, 0.29) is 24.8 Å². The first kappa shape index (κ1) is 26.9. The summed E-state index contributed by atoms with van der Waals surface area (Å²) in [6.07, 6.45) is 16.2. The maximum Gasteiger partial charge on any atom is -1.00 e. The molecule has 2 unspecified atom stereocenters. The number of halogens is 3. The van der Waals surface area contributed by atoms with Crippen LogP contribution in [0.25, 0.3) is 6.08 Å². The van der Waals surface area contributed by atoms with Crippen LogP contribution in [0.3, 0.4) is 0 Å². The molecule has 0 fully saturated rings. The Kier molecular flexibility index (Phi) is 5.74. The van der Waals surface area contributed by atoms with Crippen molar-refractivity contribution in [1.29, 1.82) is 0 Å². The summed E-state index contributed by atoms with van der Waals surface area (Å²) in [4.78, 5) is 0. The number of fused-ring (bicyclic) bond motifs is 1. The molecule has 2 atom stereocenters. The van der Waals surface area contributed by atoms with Gasteiger partial charge in [0.1, 0.15) is 0 Å². The van der Waals surface area contributed by atoms with Gasteiger partial charge in [0.25, 0.3) is 0 Å². The van der Waals surface area contributed by atoms with E-state index >= 15 is 0 Å². The summed E-state index contributed by atoms with van der Waals surface area (Å²) in [6, 6.07) is 6.73.